The van der Waals surface area contributed by atoms with Gasteiger partial charge in [-0.3, -0.25) is 10.1 Å². The maximum Gasteiger partial charge on any atom is 0.234 e. The molecule has 0 radical (unpaired) electrons. The summed E-state index contributed by atoms with van der Waals surface area (Å²) in [6.45, 7) is 2.11. The Hall–Kier alpha value is -1.71. The molecular formula is C10H12ClN5O. The van der Waals surface area contributed by atoms with Crippen molar-refractivity contribution in [3.8, 4) is 6.07 Å². The van der Waals surface area contributed by atoms with E-state index in [4.69, 9.17) is 22.6 Å². The summed E-state index contributed by atoms with van der Waals surface area (Å²) in [7, 11) is 0. The topological polar surface area (TPSA) is 105 Å². The zero-order chi connectivity index (χ0) is 12.8. The number of nitrogens with two attached hydrogens (primary N) is 1. The molecule has 1 amide bonds. The van der Waals surface area contributed by atoms with E-state index in [2.05, 4.69) is 15.3 Å². The Kier molecular flexibility index (Phi) is 4.82. The van der Waals surface area contributed by atoms with Gasteiger partial charge in [-0.25, -0.2) is 9.97 Å². The van der Waals surface area contributed by atoms with Crippen LogP contribution in [0.15, 0.2) is 6.20 Å². The Morgan fingerprint density at radius 1 is 1.76 bits per heavy atom. The van der Waals surface area contributed by atoms with Gasteiger partial charge in [-0.05, 0) is 6.42 Å². The lowest BCUT2D eigenvalue weighted by molar-refractivity contribution is -0.120. The van der Waals surface area contributed by atoms with Crippen molar-refractivity contribution in [3.05, 3.63) is 22.7 Å². The van der Waals surface area contributed by atoms with Gasteiger partial charge >= 0.3 is 0 Å². The van der Waals surface area contributed by atoms with Crippen molar-refractivity contribution in [1.82, 2.24) is 15.3 Å². The van der Waals surface area contributed by atoms with Crippen molar-refractivity contribution in [2.75, 3.05) is 0 Å². The number of nitrogens with zero attached hydrogens (tertiary/aromatic N) is 3. The number of nitrogens with one attached hydrogen (secondary N) is 1. The first-order chi connectivity index (χ1) is 8.08. The predicted octanol–water partition coefficient (Wildman–Crippen LogP) is 0.355. The van der Waals surface area contributed by atoms with Crippen LogP contribution < -0.4 is 11.1 Å². The third kappa shape index (κ3) is 3.66. The zero-order valence-corrected chi connectivity index (χ0v) is 10.0. The van der Waals surface area contributed by atoms with Gasteiger partial charge in [-0.1, -0.05) is 18.5 Å². The largest absolute Gasteiger partial charge is 0.368 e. The number of nitriles is 1. The molecule has 0 aliphatic heterocycles. The van der Waals surface area contributed by atoms with E-state index in [1.807, 2.05) is 13.0 Å². The number of aromatic nitrogens is 2. The molecule has 0 bridgehead atoms. The van der Waals surface area contributed by atoms with Crippen LogP contribution in [0.5, 0.6) is 0 Å². The lowest BCUT2D eigenvalue weighted by Gasteiger charge is -2.12. The molecule has 1 atom stereocenters. The SMILES string of the molecule is CC[C@@H](NCc1ncc(C#N)c(Cl)n1)C(N)=O. The van der Waals surface area contributed by atoms with Crippen LogP contribution in [0.2, 0.25) is 5.15 Å². The molecule has 1 heterocycles. The Labute approximate surface area is 104 Å². The molecule has 0 aromatic carbocycles. The van der Waals surface area contributed by atoms with Crippen molar-refractivity contribution < 1.29 is 4.79 Å². The predicted molar refractivity (Wildman–Crippen MR) is 61.9 cm³/mol. The monoisotopic (exact) mass is 253 g/mol. The van der Waals surface area contributed by atoms with E-state index < -0.39 is 11.9 Å². The first kappa shape index (κ1) is 13.4. The van der Waals surface area contributed by atoms with Gasteiger partial charge in [0.25, 0.3) is 0 Å². The summed E-state index contributed by atoms with van der Waals surface area (Å²) in [5, 5.41) is 11.7. The minimum atomic E-state index is -0.424. The molecule has 1 rings (SSSR count). The molecule has 1 aromatic heterocycles. The third-order valence-corrected chi connectivity index (χ3v) is 2.46. The van der Waals surface area contributed by atoms with E-state index in [0.717, 1.165) is 0 Å². The highest BCUT2D eigenvalue weighted by molar-refractivity contribution is 6.30. The van der Waals surface area contributed by atoms with E-state index in [1.54, 1.807) is 0 Å². The molecule has 0 saturated carbocycles. The molecule has 3 N–H and O–H groups in total. The maximum absolute atomic E-state index is 11.0. The smallest absolute Gasteiger partial charge is 0.234 e. The first-order valence-corrected chi connectivity index (χ1v) is 5.40. The number of hydrogen-bond donors (Lipinski definition) is 2. The normalized spacial score (nSPS) is 11.8. The van der Waals surface area contributed by atoms with Crippen LogP contribution in [0.3, 0.4) is 0 Å². The molecule has 90 valence electrons. The average Bonchev–Trinajstić information content (AvgIpc) is 2.29. The molecule has 6 nitrogen and oxygen atoms in total. The fourth-order valence-corrected chi connectivity index (χ4v) is 1.40. The van der Waals surface area contributed by atoms with Crippen LogP contribution in [0, 0.1) is 11.3 Å². The minimum absolute atomic E-state index is 0.103. The quantitative estimate of drug-likeness (QED) is 0.737. The highest BCUT2D eigenvalue weighted by Crippen LogP contribution is 2.10. The Morgan fingerprint density at radius 2 is 2.47 bits per heavy atom. The molecule has 0 unspecified atom stereocenters. The molecular weight excluding hydrogens is 242 g/mol. The molecule has 1 aromatic rings. The molecule has 17 heavy (non-hydrogen) atoms. The van der Waals surface area contributed by atoms with Crippen molar-refractivity contribution in [2.45, 2.75) is 25.9 Å². The van der Waals surface area contributed by atoms with Crippen LogP contribution in [0.1, 0.15) is 24.7 Å². The number of amides is 1. The number of hydrogen-bond acceptors (Lipinski definition) is 5. The van der Waals surface area contributed by atoms with Gasteiger partial charge in [0.1, 0.15) is 17.5 Å². The maximum atomic E-state index is 11.0. The summed E-state index contributed by atoms with van der Waals surface area (Å²) < 4.78 is 0. The van der Waals surface area contributed by atoms with Crippen LogP contribution >= 0.6 is 11.6 Å². The van der Waals surface area contributed by atoms with Gasteiger partial charge in [0.05, 0.1) is 12.6 Å². The van der Waals surface area contributed by atoms with Gasteiger partial charge in [0, 0.05) is 6.20 Å². The summed E-state index contributed by atoms with van der Waals surface area (Å²) in [5.74, 6) is -0.0130. The standard InChI is InChI=1S/C10H12ClN5O/c1-2-7(10(13)17)14-5-8-15-4-6(3-12)9(11)16-8/h4,7,14H,2,5H2,1H3,(H2,13,17)/t7-/m1/s1. The van der Waals surface area contributed by atoms with Gasteiger partial charge < -0.3 is 5.73 Å². The fraction of sp³-hybridized carbons (Fsp3) is 0.400. The van der Waals surface area contributed by atoms with Crippen molar-refractivity contribution in [2.24, 2.45) is 5.73 Å². The summed E-state index contributed by atoms with van der Waals surface area (Å²) >= 11 is 5.75. The summed E-state index contributed by atoms with van der Waals surface area (Å²) in [5.41, 5.74) is 5.40. The number of carbonyl (C=O) groups excluding carboxylic acids is 1. The van der Waals surface area contributed by atoms with Gasteiger partial charge in [0.15, 0.2) is 5.15 Å². The van der Waals surface area contributed by atoms with Crippen molar-refractivity contribution in [1.29, 1.82) is 5.26 Å². The van der Waals surface area contributed by atoms with E-state index in [0.29, 0.717) is 12.2 Å². The summed E-state index contributed by atoms with van der Waals surface area (Å²) in [6.07, 6.45) is 1.93. The Balaban J connectivity index is 2.67. The first-order valence-electron chi connectivity index (χ1n) is 5.02. The third-order valence-electron chi connectivity index (χ3n) is 2.17. The van der Waals surface area contributed by atoms with Gasteiger partial charge in [-0.2, -0.15) is 5.26 Å². The lowest BCUT2D eigenvalue weighted by Crippen LogP contribution is -2.40. The fourth-order valence-electron chi connectivity index (χ4n) is 1.22. The van der Waals surface area contributed by atoms with Crippen LogP contribution in [-0.2, 0) is 11.3 Å². The molecule has 0 saturated heterocycles. The zero-order valence-electron chi connectivity index (χ0n) is 9.27. The number of halogens is 1. The van der Waals surface area contributed by atoms with Crippen LogP contribution in [-0.4, -0.2) is 21.9 Å². The van der Waals surface area contributed by atoms with E-state index in [9.17, 15) is 4.79 Å². The molecule has 0 aliphatic rings. The molecule has 0 spiro atoms. The molecule has 0 aliphatic carbocycles. The van der Waals surface area contributed by atoms with E-state index in [1.165, 1.54) is 6.20 Å². The van der Waals surface area contributed by atoms with E-state index in [-0.39, 0.29) is 17.3 Å². The van der Waals surface area contributed by atoms with Crippen molar-refractivity contribution >= 4 is 17.5 Å². The average molecular weight is 254 g/mol. The van der Waals surface area contributed by atoms with E-state index >= 15 is 0 Å². The molecule has 0 fully saturated rings. The van der Waals surface area contributed by atoms with Gasteiger partial charge in [-0.15, -0.1) is 0 Å². The Morgan fingerprint density at radius 3 is 2.94 bits per heavy atom. The lowest BCUT2D eigenvalue weighted by atomic mass is 10.2. The summed E-state index contributed by atoms with van der Waals surface area (Å²) in [4.78, 5) is 18.8. The summed E-state index contributed by atoms with van der Waals surface area (Å²) in [6, 6.07) is 1.44. The van der Waals surface area contributed by atoms with Gasteiger partial charge in [0.2, 0.25) is 5.91 Å². The van der Waals surface area contributed by atoms with Crippen molar-refractivity contribution in [3.63, 3.8) is 0 Å². The number of carbonyl (C=O) groups is 1. The Bertz CT molecular complexity index is 456. The van der Waals surface area contributed by atoms with Crippen LogP contribution in [0.4, 0.5) is 0 Å². The second-order valence-corrected chi connectivity index (χ2v) is 3.70. The minimum Gasteiger partial charge on any atom is -0.368 e. The molecule has 7 heteroatoms. The highest BCUT2D eigenvalue weighted by Gasteiger charge is 2.12. The highest BCUT2D eigenvalue weighted by atomic mass is 35.5. The number of primary amides is 1. The number of rotatable bonds is 5. The van der Waals surface area contributed by atoms with Crippen LogP contribution in [0.25, 0.3) is 0 Å². The second-order valence-electron chi connectivity index (χ2n) is 3.35. The second kappa shape index (κ2) is 6.13.